The molecule has 1 aromatic heterocycles. The summed E-state index contributed by atoms with van der Waals surface area (Å²) in [5.74, 6) is 0.0319. The highest BCUT2D eigenvalue weighted by atomic mass is 16.1. The van der Waals surface area contributed by atoms with Crippen molar-refractivity contribution in [3.63, 3.8) is 0 Å². The molecule has 0 amide bonds. The Morgan fingerprint density at radius 1 is 1.10 bits per heavy atom. The van der Waals surface area contributed by atoms with Gasteiger partial charge in [-0.2, -0.15) is 0 Å². The van der Waals surface area contributed by atoms with Crippen LogP contribution in [0.1, 0.15) is 50.3 Å². The summed E-state index contributed by atoms with van der Waals surface area (Å²) in [6, 6.07) is 9.71. The van der Waals surface area contributed by atoms with Crippen LogP contribution in [0, 0.1) is 5.92 Å². The van der Waals surface area contributed by atoms with Crippen molar-refractivity contribution >= 4 is 23.4 Å². The van der Waals surface area contributed by atoms with E-state index in [0.29, 0.717) is 34.8 Å². The predicted molar refractivity (Wildman–Crippen MR) is 119 cm³/mol. The van der Waals surface area contributed by atoms with E-state index < -0.39 is 11.5 Å². The second kappa shape index (κ2) is 7.76. The van der Waals surface area contributed by atoms with Crippen LogP contribution in [0.4, 0.5) is 0 Å². The third kappa shape index (κ3) is 3.35. The number of hydrogen-bond donors (Lipinski definition) is 1. The first kappa shape index (κ1) is 20.4. The SMILES string of the molecule is CCN(CC)CCC1C(=O)c2[nH]c(-c3ccccc3)nc2C2=C1C(=O)C(C)(C)N=C2. The summed E-state index contributed by atoms with van der Waals surface area (Å²) in [5.41, 5.74) is 2.34. The van der Waals surface area contributed by atoms with E-state index in [-0.39, 0.29) is 11.6 Å². The fraction of sp³-hybridized carbons (Fsp3) is 0.417. The number of Topliss-reactive ketones (excluding diaryl/α,β-unsaturated/α-hetero) is 2. The lowest BCUT2D eigenvalue weighted by Gasteiger charge is -2.33. The minimum Gasteiger partial charge on any atom is -0.335 e. The summed E-state index contributed by atoms with van der Waals surface area (Å²) in [7, 11) is 0. The van der Waals surface area contributed by atoms with Crippen LogP contribution in [0.2, 0.25) is 0 Å². The zero-order chi connectivity index (χ0) is 21.5. The average Bonchev–Trinajstić information content (AvgIpc) is 3.20. The van der Waals surface area contributed by atoms with Crippen molar-refractivity contribution in [1.29, 1.82) is 0 Å². The van der Waals surface area contributed by atoms with E-state index in [2.05, 4.69) is 28.7 Å². The molecule has 2 heterocycles. The normalized spacial score (nSPS) is 20.0. The standard InChI is InChI=1S/C24H28N4O2/c1-5-28(6-2)13-12-16-18-17(14-25-24(3,4)22(18)30)19-20(21(16)29)27-23(26-19)15-10-8-7-9-11-15/h7-11,14,16H,5-6,12-13H2,1-4H3,(H,26,27). The van der Waals surface area contributed by atoms with Crippen LogP contribution < -0.4 is 0 Å². The van der Waals surface area contributed by atoms with Crippen LogP contribution >= 0.6 is 0 Å². The number of aromatic amines is 1. The van der Waals surface area contributed by atoms with E-state index in [1.807, 2.05) is 30.3 Å². The van der Waals surface area contributed by atoms with E-state index in [9.17, 15) is 9.59 Å². The molecule has 0 radical (unpaired) electrons. The van der Waals surface area contributed by atoms with Gasteiger partial charge < -0.3 is 9.88 Å². The number of aromatic nitrogens is 2. The van der Waals surface area contributed by atoms with Gasteiger partial charge in [-0.15, -0.1) is 0 Å². The highest BCUT2D eigenvalue weighted by molar-refractivity contribution is 6.30. The molecule has 0 spiro atoms. The Kier molecular flexibility index (Phi) is 5.28. The number of nitrogens with one attached hydrogen (secondary N) is 1. The predicted octanol–water partition coefficient (Wildman–Crippen LogP) is 3.81. The van der Waals surface area contributed by atoms with Gasteiger partial charge in [0, 0.05) is 22.9 Å². The summed E-state index contributed by atoms with van der Waals surface area (Å²) >= 11 is 0. The molecule has 0 saturated carbocycles. The largest absolute Gasteiger partial charge is 0.335 e. The number of aliphatic imine (C=N–C) groups is 1. The quantitative estimate of drug-likeness (QED) is 0.794. The summed E-state index contributed by atoms with van der Waals surface area (Å²) < 4.78 is 0. The van der Waals surface area contributed by atoms with Crippen molar-refractivity contribution in [3.8, 4) is 11.4 Å². The Morgan fingerprint density at radius 3 is 2.47 bits per heavy atom. The number of allylic oxidation sites excluding steroid dienone is 1. The van der Waals surface area contributed by atoms with E-state index in [0.717, 1.165) is 25.2 Å². The molecule has 2 aromatic rings. The number of H-pyrrole nitrogens is 1. The van der Waals surface area contributed by atoms with Gasteiger partial charge in [0.15, 0.2) is 11.6 Å². The molecule has 2 aliphatic rings. The third-order valence-electron chi connectivity index (χ3n) is 6.15. The van der Waals surface area contributed by atoms with Gasteiger partial charge in [0.25, 0.3) is 0 Å². The fourth-order valence-corrected chi connectivity index (χ4v) is 4.25. The monoisotopic (exact) mass is 404 g/mol. The third-order valence-corrected chi connectivity index (χ3v) is 6.15. The molecule has 1 atom stereocenters. The lowest BCUT2D eigenvalue weighted by molar-refractivity contribution is -0.119. The smallest absolute Gasteiger partial charge is 0.188 e. The van der Waals surface area contributed by atoms with E-state index >= 15 is 0 Å². The molecule has 6 nitrogen and oxygen atoms in total. The topological polar surface area (TPSA) is 78.4 Å². The van der Waals surface area contributed by atoms with Crippen molar-refractivity contribution in [3.05, 3.63) is 47.3 Å². The lowest BCUT2D eigenvalue weighted by atomic mass is 9.73. The van der Waals surface area contributed by atoms with E-state index in [4.69, 9.17) is 4.98 Å². The highest BCUT2D eigenvalue weighted by Gasteiger charge is 2.45. The average molecular weight is 405 g/mol. The van der Waals surface area contributed by atoms with Gasteiger partial charge in [0.05, 0.1) is 5.92 Å². The van der Waals surface area contributed by atoms with Crippen molar-refractivity contribution in [2.24, 2.45) is 10.9 Å². The molecule has 0 saturated heterocycles. The molecule has 1 aromatic carbocycles. The Morgan fingerprint density at radius 2 is 1.80 bits per heavy atom. The number of imidazole rings is 1. The minimum absolute atomic E-state index is 0.0509. The lowest BCUT2D eigenvalue weighted by Crippen LogP contribution is -2.41. The Bertz CT molecular complexity index is 1040. The molecule has 4 rings (SSSR count). The second-order valence-corrected chi connectivity index (χ2v) is 8.38. The number of fused-ring (bicyclic) bond motifs is 2. The molecule has 1 aliphatic heterocycles. The van der Waals surface area contributed by atoms with Gasteiger partial charge in [-0.3, -0.25) is 14.6 Å². The molecule has 156 valence electrons. The van der Waals surface area contributed by atoms with Crippen LogP contribution in [0.15, 0.2) is 40.9 Å². The summed E-state index contributed by atoms with van der Waals surface area (Å²) in [6.07, 6.45) is 2.34. The Hall–Kier alpha value is -2.86. The van der Waals surface area contributed by atoms with Crippen LogP contribution in [0.3, 0.4) is 0 Å². The molecule has 6 heteroatoms. The number of ketones is 2. The number of rotatable bonds is 6. The van der Waals surface area contributed by atoms with Gasteiger partial charge in [-0.05, 0) is 39.9 Å². The first-order valence-electron chi connectivity index (χ1n) is 10.6. The number of benzene rings is 1. The first-order valence-corrected chi connectivity index (χ1v) is 10.6. The molecule has 0 bridgehead atoms. The van der Waals surface area contributed by atoms with Crippen molar-refractivity contribution in [2.45, 2.75) is 39.7 Å². The van der Waals surface area contributed by atoms with Gasteiger partial charge in [-0.25, -0.2) is 4.98 Å². The highest BCUT2D eigenvalue weighted by Crippen LogP contribution is 2.41. The van der Waals surface area contributed by atoms with Crippen LogP contribution in [0.5, 0.6) is 0 Å². The molecular weight excluding hydrogens is 376 g/mol. The number of dihydropyridines is 1. The van der Waals surface area contributed by atoms with Gasteiger partial charge in [-0.1, -0.05) is 44.2 Å². The molecule has 1 unspecified atom stereocenters. The summed E-state index contributed by atoms with van der Waals surface area (Å²) in [4.78, 5) is 41.6. The van der Waals surface area contributed by atoms with Crippen LogP contribution in [-0.4, -0.2) is 57.8 Å². The second-order valence-electron chi connectivity index (χ2n) is 8.38. The van der Waals surface area contributed by atoms with Crippen molar-refractivity contribution in [1.82, 2.24) is 14.9 Å². The van der Waals surface area contributed by atoms with Crippen molar-refractivity contribution in [2.75, 3.05) is 19.6 Å². The van der Waals surface area contributed by atoms with Crippen LogP contribution in [0.25, 0.3) is 17.0 Å². The summed E-state index contributed by atoms with van der Waals surface area (Å²) in [6.45, 7) is 10.4. The zero-order valence-corrected chi connectivity index (χ0v) is 18.0. The molecule has 1 aliphatic carbocycles. The van der Waals surface area contributed by atoms with Gasteiger partial charge in [0.2, 0.25) is 0 Å². The zero-order valence-electron chi connectivity index (χ0n) is 18.0. The molecule has 1 N–H and O–H groups in total. The number of carbonyl (C=O) groups is 2. The first-order chi connectivity index (χ1) is 14.4. The fourth-order valence-electron chi connectivity index (χ4n) is 4.25. The molecular formula is C24H28N4O2. The van der Waals surface area contributed by atoms with Crippen molar-refractivity contribution < 1.29 is 9.59 Å². The maximum absolute atomic E-state index is 13.5. The number of carbonyl (C=O) groups excluding carboxylic acids is 2. The van der Waals surface area contributed by atoms with Crippen LogP contribution in [-0.2, 0) is 4.79 Å². The van der Waals surface area contributed by atoms with E-state index in [1.54, 1.807) is 20.1 Å². The minimum atomic E-state index is -0.858. The molecule has 0 fully saturated rings. The molecule has 30 heavy (non-hydrogen) atoms. The van der Waals surface area contributed by atoms with Gasteiger partial charge >= 0.3 is 0 Å². The number of hydrogen-bond acceptors (Lipinski definition) is 5. The maximum Gasteiger partial charge on any atom is 0.188 e. The number of nitrogens with zero attached hydrogens (tertiary/aromatic N) is 3. The maximum atomic E-state index is 13.5. The summed E-state index contributed by atoms with van der Waals surface area (Å²) in [5, 5.41) is 0. The van der Waals surface area contributed by atoms with E-state index in [1.165, 1.54) is 0 Å². The Balaban J connectivity index is 1.81. The Labute approximate surface area is 177 Å². The van der Waals surface area contributed by atoms with Gasteiger partial charge in [0.1, 0.15) is 22.8 Å².